The van der Waals surface area contributed by atoms with Gasteiger partial charge >= 0.3 is 0 Å². The lowest BCUT2D eigenvalue weighted by molar-refractivity contribution is 0.301. The maximum absolute atomic E-state index is 9.28. The van der Waals surface area contributed by atoms with Crippen LogP contribution in [0.15, 0.2) is 24.3 Å². The molecule has 1 heterocycles. The summed E-state index contributed by atoms with van der Waals surface area (Å²) in [5.41, 5.74) is 12.7. The van der Waals surface area contributed by atoms with Gasteiger partial charge in [-0.05, 0) is 30.9 Å². The molecule has 106 valence electrons. The van der Waals surface area contributed by atoms with Crippen molar-refractivity contribution in [3.05, 3.63) is 29.8 Å². The fourth-order valence-electron chi connectivity index (χ4n) is 2.08. The third-order valence-electron chi connectivity index (χ3n) is 3.38. The molecule has 1 aromatic heterocycles. The first-order valence-electron chi connectivity index (χ1n) is 6.74. The number of hydrogen-bond acceptors (Lipinski definition) is 6. The Morgan fingerprint density at radius 2 is 2.00 bits per heavy atom. The van der Waals surface area contributed by atoms with Crippen molar-refractivity contribution < 1.29 is 4.74 Å². The van der Waals surface area contributed by atoms with E-state index in [1.807, 2.05) is 30.3 Å². The highest BCUT2D eigenvalue weighted by molar-refractivity contribution is 5.77. The minimum absolute atomic E-state index is 0.0403. The van der Waals surface area contributed by atoms with Crippen molar-refractivity contribution in [3.63, 3.8) is 0 Å². The van der Waals surface area contributed by atoms with Crippen LogP contribution in [0.3, 0.4) is 0 Å². The van der Waals surface area contributed by atoms with E-state index in [0.717, 1.165) is 0 Å². The Bertz CT molecular complexity index is 718. The van der Waals surface area contributed by atoms with E-state index in [1.54, 1.807) is 0 Å². The van der Waals surface area contributed by atoms with Gasteiger partial charge in [0.05, 0.1) is 12.3 Å². The standard InChI is InChI=1S/C15H15N5O/c16-7-11-13(19-15(18)20-14(11)17)10-3-1-2-4-12(10)21-8-9-5-6-9/h1-4,9H,5-6,8H2,(H4,17,18,19,20). The van der Waals surface area contributed by atoms with Crippen LogP contribution in [0.2, 0.25) is 0 Å². The Hall–Kier alpha value is -2.81. The molecule has 3 rings (SSSR count). The van der Waals surface area contributed by atoms with Crippen molar-refractivity contribution in [2.24, 2.45) is 5.92 Å². The van der Waals surface area contributed by atoms with E-state index >= 15 is 0 Å². The van der Waals surface area contributed by atoms with E-state index < -0.39 is 0 Å². The van der Waals surface area contributed by atoms with Gasteiger partial charge in [0.25, 0.3) is 0 Å². The normalized spacial score (nSPS) is 13.7. The minimum atomic E-state index is 0.0403. The molecular formula is C15H15N5O. The van der Waals surface area contributed by atoms with Crippen molar-refractivity contribution >= 4 is 11.8 Å². The molecular weight excluding hydrogens is 266 g/mol. The molecule has 0 bridgehead atoms. The van der Waals surface area contributed by atoms with Crippen molar-refractivity contribution in [2.75, 3.05) is 18.1 Å². The lowest BCUT2D eigenvalue weighted by Crippen LogP contribution is -2.06. The van der Waals surface area contributed by atoms with Crippen LogP contribution in [0, 0.1) is 17.2 Å². The Labute approximate surface area is 122 Å². The summed E-state index contributed by atoms with van der Waals surface area (Å²) in [5, 5.41) is 9.28. The first-order chi connectivity index (χ1) is 10.2. The Kier molecular flexibility index (Phi) is 3.32. The molecule has 6 nitrogen and oxygen atoms in total. The summed E-state index contributed by atoms with van der Waals surface area (Å²) < 4.78 is 5.84. The van der Waals surface area contributed by atoms with Crippen LogP contribution in [0.5, 0.6) is 5.75 Å². The van der Waals surface area contributed by atoms with Gasteiger partial charge in [-0.3, -0.25) is 0 Å². The lowest BCUT2D eigenvalue weighted by Gasteiger charge is -2.12. The third kappa shape index (κ3) is 2.72. The summed E-state index contributed by atoms with van der Waals surface area (Å²) in [4.78, 5) is 7.99. The first-order valence-corrected chi connectivity index (χ1v) is 6.74. The number of anilines is 2. The number of aromatic nitrogens is 2. The van der Waals surface area contributed by atoms with Crippen LogP contribution in [0.25, 0.3) is 11.3 Å². The van der Waals surface area contributed by atoms with E-state index in [0.29, 0.717) is 29.5 Å². The molecule has 6 heteroatoms. The fraction of sp³-hybridized carbons (Fsp3) is 0.267. The largest absolute Gasteiger partial charge is 0.493 e. The lowest BCUT2D eigenvalue weighted by atomic mass is 10.1. The second-order valence-electron chi connectivity index (χ2n) is 5.05. The molecule has 21 heavy (non-hydrogen) atoms. The number of nitrogens with two attached hydrogens (primary N) is 2. The summed E-state index contributed by atoms with van der Waals surface area (Å²) in [5.74, 6) is 1.43. The maximum atomic E-state index is 9.28. The second kappa shape index (κ2) is 5.29. The first kappa shape index (κ1) is 13.2. The van der Waals surface area contributed by atoms with Gasteiger partial charge in [0.15, 0.2) is 0 Å². The minimum Gasteiger partial charge on any atom is -0.493 e. The number of nitrogen functional groups attached to an aromatic ring is 2. The molecule has 0 unspecified atom stereocenters. The number of hydrogen-bond donors (Lipinski definition) is 2. The van der Waals surface area contributed by atoms with Gasteiger partial charge in [0.2, 0.25) is 5.95 Å². The van der Waals surface area contributed by atoms with E-state index in [2.05, 4.69) is 9.97 Å². The highest BCUT2D eigenvalue weighted by atomic mass is 16.5. The van der Waals surface area contributed by atoms with Gasteiger partial charge in [0.1, 0.15) is 23.2 Å². The Balaban J connectivity index is 2.05. The maximum Gasteiger partial charge on any atom is 0.222 e. The van der Waals surface area contributed by atoms with Gasteiger partial charge in [-0.25, -0.2) is 4.98 Å². The Morgan fingerprint density at radius 3 is 2.71 bits per heavy atom. The summed E-state index contributed by atoms with van der Waals surface area (Å²) in [6.45, 7) is 0.676. The molecule has 1 aliphatic rings. The summed E-state index contributed by atoms with van der Waals surface area (Å²) in [7, 11) is 0. The molecule has 2 aromatic rings. The molecule has 0 atom stereocenters. The van der Waals surface area contributed by atoms with Gasteiger partial charge < -0.3 is 16.2 Å². The van der Waals surface area contributed by atoms with Gasteiger partial charge in [0, 0.05) is 5.56 Å². The summed E-state index contributed by atoms with van der Waals surface area (Å²) in [6.07, 6.45) is 2.41. The second-order valence-corrected chi connectivity index (χ2v) is 5.05. The van der Waals surface area contributed by atoms with Crippen LogP contribution >= 0.6 is 0 Å². The van der Waals surface area contributed by atoms with Crippen molar-refractivity contribution in [1.29, 1.82) is 5.26 Å². The van der Waals surface area contributed by atoms with Crippen molar-refractivity contribution in [1.82, 2.24) is 9.97 Å². The topological polar surface area (TPSA) is 111 Å². The van der Waals surface area contributed by atoms with Crippen LogP contribution in [-0.4, -0.2) is 16.6 Å². The number of nitriles is 1. The molecule has 0 amide bonds. The summed E-state index contributed by atoms with van der Waals surface area (Å²) >= 11 is 0. The number of rotatable bonds is 4. The monoisotopic (exact) mass is 281 g/mol. The summed E-state index contributed by atoms with van der Waals surface area (Å²) in [6, 6.07) is 9.46. The molecule has 1 aromatic carbocycles. The molecule has 0 aliphatic heterocycles. The highest BCUT2D eigenvalue weighted by Gasteiger charge is 2.23. The van der Waals surface area contributed by atoms with Crippen LogP contribution in [-0.2, 0) is 0 Å². The van der Waals surface area contributed by atoms with E-state index in [1.165, 1.54) is 12.8 Å². The number of benzene rings is 1. The SMILES string of the molecule is N#Cc1c(N)nc(N)nc1-c1ccccc1OCC1CC1. The fourth-order valence-corrected chi connectivity index (χ4v) is 2.08. The molecule has 1 fully saturated rings. The van der Waals surface area contributed by atoms with E-state index in [-0.39, 0.29) is 17.3 Å². The van der Waals surface area contributed by atoms with Gasteiger partial charge in [-0.15, -0.1) is 0 Å². The molecule has 1 saturated carbocycles. The molecule has 0 radical (unpaired) electrons. The molecule has 4 N–H and O–H groups in total. The van der Waals surface area contributed by atoms with E-state index in [4.69, 9.17) is 16.2 Å². The zero-order chi connectivity index (χ0) is 14.8. The predicted molar refractivity (Wildman–Crippen MR) is 79.2 cm³/mol. The smallest absolute Gasteiger partial charge is 0.222 e. The zero-order valence-electron chi connectivity index (χ0n) is 11.4. The van der Waals surface area contributed by atoms with Crippen molar-refractivity contribution in [2.45, 2.75) is 12.8 Å². The van der Waals surface area contributed by atoms with Crippen molar-refractivity contribution in [3.8, 4) is 23.1 Å². The predicted octanol–water partition coefficient (Wildman–Crippen LogP) is 1.97. The average Bonchev–Trinajstić information content (AvgIpc) is 3.29. The van der Waals surface area contributed by atoms with Crippen LogP contribution in [0.4, 0.5) is 11.8 Å². The number of ether oxygens (including phenoxy) is 1. The quantitative estimate of drug-likeness (QED) is 0.886. The molecule has 1 aliphatic carbocycles. The van der Waals surface area contributed by atoms with Gasteiger partial charge in [-0.1, -0.05) is 12.1 Å². The zero-order valence-corrected chi connectivity index (χ0v) is 11.4. The van der Waals surface area contributed by atoms with Crippen LogP contribution in [0.1, 0.15) is 18.4 Å². The molecule has 0 saturated heterocycles. The highest BCUT2D eigenvalue weighted by Crippen LogP contribution is 2.35. The number of para-hydroxylation sites is 1. The number of nitrogens with zero attached hydrogens (tertiary/aromatic N) is 3. The molecule has 0 spiro atoms. The van der Waals surface area contributed by atoms with Gasteiger partial charge in [-0.2, -0.15) is 10.2 Å². The van der Waals surface area contributed by atoms with Crippen LogP contribution < -0.4 is 16.2 Å². The van der Waals surface area contributed by atoms with E-state index in [9.17, 15) is 5.26 Å². The average molecular weight is 281 g/mol. The Morgan fingerprint density at radius 1 is 1.24 bits per heavy atom. The third-order valence-corrected chi connectivity index (χ3v) is 3.38.